The predicted molar refractivity (Wildman–Crippen MR) is 71.6 cm³/mol. The Balaban J connectivity index is 2.58. The number of aromatic nitrogens is 1. The predicted octanol–water partition coefficient (Wildman–Crippen LogP) is 2.93. The highest BCUT2D eigenvalue weighted by Crippen LogP contribution is 2.21. The maximum Gasteiger partial charge on any atom is 0.386 e. The van der Waals surface area contributed by atoms with E-state index in [4.69, 9.17) is 0 Å². The van der Waals surface area contributed by atoms with E-state index in [2.05, 4.69) is 17.2 Å². The maximum atomic E-state index is 10.8. The maximum absolute atomic E-state index is 10.8. The molecule has 0 aliphatic carbocycles. The lowest BCUT2D eigenvalue weighted by molar-refractivity contribution is -0.388. The first-order valence-corrected chi connectivity index (χ1v) is 6.74. The number of nitrogens with zero attached hydrogens (tertiary/aromatic N) is 2. The average Bonchev–Trinajstić information content (AvgIpc) is 2.29. The van der Waals surface area contributed by atoms with E-state index in [1.807, 2.05) is 18.7 Å². The van der Waals surface area contributed by atoms with Gasteiger partial charge in [-0.25, -0.2) is 0 Å². The molecule has 1 rings (SSSR count). The highest BCUT2D eigenvalue weighted by Gasteiger charge is 2.15. The third kappa shape index (κ3) is 4.60. The Morgan fingerprint density at radius 3 is 3.06 bits per heavy atom. The van der Waals surface area contributed by atoms with E-state index in [9.17, 15) is 10.1 Å². The van der Waals surface area contributed by atoms with Crippen LogP contribution in [0, 0.1) is 10.1 Å². The van der Waals surface area contributed by atoms with Crippen LogP contribution in [-0.4, -0.2) is 27.5 Å². The van der Waals surface area contributed by atoms with E-state index in [0.29, 0.717) is 5.69 Å². The van der Waals surface area contributed by atoms with Gasteiger partial charge in [0.15, 0.2) is 0 Å². The fourth-order valence-electron chi connectivity index (χ4n) is 1.40. The molecule has 17 heavy (non-hydrogen) atoms. The summed E-state index contributed by atoms with van der Waals surface area (Å²) in [6, 6.07) is 3.59. The van der Waals surface area contributed by atoms with E-state index < -0.39 is 4.92 Å². The van der Waals surface area contributed by atoms with Gasteiger partial charge >= 0.3 is 5.82 Å². The molecule has 94 valence electrons. The summed E-state index contributed by atoms with van der Waals surface area (Å²) in [4.78, 5) is 14.1. The van der Waals surface area contributed by atoms with Gasteiger partial charge in [-0.2, -0.15) is 11.8 Å². The monoisotopic (exact) mass is 255 g/mol. The summed E-state index contributed by atoms with van der Waals surface area (Å²) in [5.74, 6) is 2.04. The molecule has 5 nitrogen and oxygen atoms in total. The Hall–Kier alpha value is -1.30. The van der Waals surface area contributed by atoms with Crippen molar-refractivity contribution in [1.29, 1.82) is 0 Å². The molecule has 1 N–H and O–H groups in total. The van der Waals surface area contributed by atoms with Crippen LogP contribution in [0.25, 0.3) is 0 Å². The minimum Gasteiger partial charge on any atom is -0.376 e. The van der Waals surface area contributed by atoms with Crippen LogP contribution in [0.4, 0.5) is 11.5 Å². The number of nitrogens with one attached hydrogen (secondary N) is 1. The number of thioether (sulfide) groups is 1. The van der Waals surface area contributed by atoms with Crippen LogP contribution >= 0.6 is 11.8 Å². The smallest absolute Gasteiger partial charge is 0.376 e. The van der Waals surface area contributed by atoms with Crippen LogP contribution in [0.2, 0.25) is 0 Å². The molecule has 1 atom stereocenters. The number of anilines is 1. The molecular formula is C11H17N3O2S. The summed E-state index contributed by atoms with van der Waals surface area (Å²) in [6.45, 7) is 4.14. The average molecular weight is 255 g/mol. The summed E-state index contributed by atoms with van der Waals surface area (Å²) in [6.07, 6.45) is 2.41. The van der Waals surface area contributed by atoms with E-state index in [-0.39, 0.29) is 11.9 Å². The van der Waals surface area contributed by atoms with Crippen molar-refractivity contribution in [3.8, 4) is 0 Å². The van der Waals surface area contributed by atoms with Crippen molar-refractivity contribution >= 4 is 23.3 Å². The van der Waals surface area contributed by atoms with Crippen LogP contribution in [0.3, 0.4) is 0 Å². The minimum absolute atomic E-state index is 0.109. The van der Waals surface area contributed by atoms with Crippen molar-refractivity contribution in [1.82, 2.24) is 4.98 Å². The number of hydrogen-bond donors (Lipinski definition) is 1. The highest BCUT2D eigenvalue weighted by atomic mass is 32.2. The van der Waals surface area contributed by atoms with Crippen LogP contribution in [0.15, 0.2) is 18.3 Å². The lowest BCUT2D eigenvalue weighted by atomic mass is 10.2. The first-order valence-electron chi connectivity index (χ1n) is 5.58. The van der Waals surface area contributed by atoms with E-state index in [1.165, 1.54) is 6.20 Å². The largest absolute Gasteiger partial charge is 0.386 e. The first-order chi connectivity index (χ1) is 8.15. The first kappa shape index (κ1) is 13.8. The fourth-order valence-corrected chi connectivity index (χ4v) is 2.21. The number of nitro groups is 1. The van der Waals surface area contributed by atoms with Gasteiger partial charge in [0.05, 0.1) is 0 Å². The lowest BCUT2D eigenvalue weighted by Crippen LogP contribution is -2.17. The molecule has 0 saturated heterocycles. The van der Waals surface area contributed by atoms with Gasteiger partial charge in [0.2, 0.25) is 0 Å². The van der Waals surface area contributed by atoms with Crippen LogP contribution in [0.1, 0.15) is 20.3 Å². The molecule has 0 saturated carbocycles. The van der Waals surface area contributed by atoms with Crippen molar-refractivity contribution in [2.75, 3.05) is 16.8 Å². The summed E-state index contributed by atoms with van der Waals surface area (Å²) in [5, 5.41) is 13.9. The molecule has 6 heteroatoms. The van der Waals surface area contributed by atoms with Crippen molar-refractivity contribution in [2.45, 2.75) is 26.3 Å². The molecule has 0 bridgehead atoms. The van der Waals surface area contributed by atoms with Crippen LogP contribution in [0.5, 0.6) is 0 Å². The van der Waals surface area contributed by atoms with Gasteiger partial charge in [-0.1, -0.05) is 6.92 Å². The second-order valence-electron chi connectivity index (χ2n) is 3.66. The molecule has 1 aromatic heterocycles. The fraction of sp³-hybridized carbons (Fsp3) is 0.545. The van der Waals surface area contributed by atoms with Gasteiger partial charge in [0.1, 0.15) is 11.9 Å². The van der Waals surface area contributed by atoms with Gasteiger partial charge < -0.3 is 15.4 Å². The number of pyridine rings is 1. The van der Waals surface area contributed by atoms with E-state index >= 15 is 0 Å². The van der Waals surface area contributed by atoms with Crippen molar-refractivity contribution in [2.24, 2.45) is 0 Å². The SMILES string of the molecule is CCSCCC(C)Nc1cccnc1[N+](=O)[O-]. The van der Waals surface area contributed by atoms with Crippen LogP contribution in [-0.2, 0) is 0 Å². The molecule has 1 aromatic rings. The Morgan fingerprint density at radius 1 is 1.65 bits per heavy atom. The molecule has 0 aliphatic rings. The van der Waals surface area contributed by atoms with Gasteiger partial charge in [0, 0.05) is 6.04 Å². The van der Waals surface area contributed by atoms with Gasteiger partial charge in [-0.3, -0.25) is 0 Å². The Kier molecular flexibility index (Phi) is 5.76. The van der Waals surface area contributed by atoms with Crippen molar-refractivity contribution in [3.05, 3.63) is 28.4 Å². The van der Waals surface area contributed by atoms with E-state index in [1.54, 1.807) is 12.1 Å². The number of rotatable bonds is 7. The quantitative estimate of drug-likeness (QED) is 0.461. The molecule has 0 aliphatic heterocycles. The summed E-state index contributed by atoms with van der Waals surface area (Å²) >= 11 is 1.87. The topological polar surface area (TPSA) is 68.1 Å². The second-order valence-corrected chi connectivity index (χ2v) is 5.06. The molecule has 1 unspecified atom stereocenters. The Bertz CT molecular complexity index is 373. The Labute approximate surface area is 105 Å². The molecule has 0 radical (unpaired) electrons. The standard InChI is InChI=1S/C11H17N3O2S/c1-3-17-8-6-9(2)13-10-5-4-7-12-11(10)14(15)16/h4-5,7,9,13H,3,6,8H2,1-2H3. The highest BCUT2D eigenvalue weighted by molar-refractivity contribution is 7.99. The summed E-state index contributed by atoms with van der Waals surface area (Å²) in [7, 11) is 0. The van der Waals surface area contributed by atoms with Gasteiger partial charge in [-0.15, -0.1) is 0 Å². The number of hydrogen-bond acceptors (Lipinski definition) is 5. The molecule has 0 fully saturated rings. The summed E-state index contributed by atoms with van der Waals surface area (Å²) < 4.78 is 0. The zero-order valence-electron chi connectivity index (χ0n) is 10.0. The molecular weight excluding hydrogens is 238 g/mol. The lowest BCUT2D eigenvalue weighted by Gasteiger charge is -2.14. The van der Waals surface area contributed by atoms with Crippen molar-refractivity contribution in [3.63, 3.8) is 0 Å². The Morgan fingerprint density at radius 2 is 2.41 bits per heavy atom. The molecule has 0 spiro atoms. The van der Waals surface area contributed by atoms with Gasteiger partial charge in [0.25, 0.3) is 0 Å². The van der Waals surface area contributed by atoms with Crippen LogP contribution < -0.4 is 5.32 Å². The molecule has 0 aromatic carbocycles. The molecule has 1 heterocycles. The minimum atomic E-state index is -0.462. The van der Waals surface area contributed by atoms with E-state index in [0.717, 1.165) is 17.9 Å². The van der Waals surface area contributed by atoms with Crippen molar-refractivity contribution < 1.29 is 4.92 Å². The summed E-state index contributed by atoms with van der Waals surface area (Å²) in [5.41, 5.74) is 0.492. The normalized spacial score (nSPS) is 12.1. The zero-order valence-corrected chi connectivity index (χ0v) is 10.9. The second kappa shape index (κ2) is 7.11. The van der Waals surface area contributed by atoms with Gasteiger partial charge in [-0.05, 0) is 46.9 Å². The third-order valence-corrected chi connectivity index (χ3v) is 3.19. The zero-order chi connectivity index (χ0) is 12.7. The third-order valence-electron chi connectivity index (χ3n) is 2.26. The molecule has 0 amide bonds.